The predicted octanol–water partition coefficient (Wildman–Crippen LogP) is 4.00. The molecule has 6 heteroatoms. The number of rotatable bonds is 4. The van der Waals surface area contributed by atoms with Crippen molar-refractivity contribution in [3.8, 4) is 11.5 Å². The molecule has 3 atom stereocenters. The quantitative estimate of drug-likeness (QED) is 0.815. The Labute approximate surface area is 158 Å². The van der Waals surface area contributed by atoms with Crippen molar-refractivity contribution >= 4 is 16.9 Å². The zero-order valence-corrected chi connectivity index (χ0v) is 16.3. The van der Waals surface area contributed by atoms with Gasteiger partial charge in [0.2, 0.25) is 0 Å². The van der Waals surface area contributed by atoms with E-state index in [4.69, 9.17) is 14.5 Å². The standard InChI is InChI=1S/C20H23N3O2S/c1-12-11-23-18(14-8-9-16(24-3)13(2)19(14)25-4)17(22-20(23)26-12)15-7-5-6-10-21-15/h5-10,12,17-18H,11H2,1-4H3/t12-,17-,18-/m0/s1. The summed E-state index contributed by atoms with van der Waals surface area (Å²) in [6.07, 6.45) is 1.84. The van der Waals surface area contributed by atoms with Crippen LogP contribution in [-0.4, -0.2) is 41.1 Å². The Morgan fingerprint density at radius 3 is 2.69 bits per heavy atom. The molecule has 0 unspecified atom stereocenters. The number of benzene rings is 1. The third kappa shape index (κ3) is 2.72. The number of pyridine rings is 1. The minimum absolute atomic E-state index is 0.0344. The smallest absolute Gasteiger partial charge is 0.160 e. The summed E-state index contributed by atoms with van der Waals surface area (Å²) in [7, 11) is 3.41. The fourth-order valence-corrected chi connectivity index (χ4v) is 4.97. The zero-order chi connectivity index (χ0) is 18.3. The van der Waals surface area contributed by atoms with E-state index >= 15 is 0 Å². The molecule has 5 nitrogen and oxygen atoms in total. The first-order chi connectivity index (χ1) is 12.6. The van der Waals surface area contributed by atoms with Crippen LogP contribution in [0, 0.1) is 6.92 Å². The number of ether oxygens (including phenoxy) is 2. The molecular formula is C20H23N3O2S. The molecule has 1 fully saturated rings. The minimum atomic E-state index is -0.0344. The van der Waals surface area contributed by atoms with Gasteiger partial charge in [-0.05, 0) is 31.2 Å². The van der Waals surface area contributed by atoms with Gasteiger partial charge in [-0.3, -0.25) is 9.98 Å². The van der Waals surface area contributed by atoms with Crippen molar-refractivity contribution in [2.45, 2.75) is 31.2 Å². The van der Waals surface area contributed by atoms with Crippen LogP contribution in [0.1, 0.15) is 35.8 Å². The van der Waals surface area contributed by atoms with Crippen molar-refractivity contribution in [1.29, 1.82) is 0 Å². The highest BCUT2D eigenvalue weighted by molar-refractivity contribution is 8.14. The molecule has 0 spiro atoms. The molecule has 1 saturated heterocycles. The highest BCUT2D eigenvalue weighted by Gasteiger charge is 2.44. The second kappa shape index (κ2) is 6.83. The Hall–Kier alpha value is -2.21. The lowest BCUT2D eigenvalue weighted by Gasteiger charge is -2.29. The van der Waals surface area contributed by atoms with Gasteiger partial charge in [0.25, 0.3) is 0 Å². The van der Waals surface area contributed by atoms with Crippen molar-refractivity contribution in [2.75, 3.05) is 20.8 Å². The SMILES string of the molecule is COc1ccc([C@H]2[C@H](c3ccccn3)N=C3S[C@@H](C)CN32)c(OC)c1C. The largest absolute Gasteiger partial charge is 0.496 e. The number of hydrogen-bond donors (Lipinski definition) is 0. The molecule has 4 rings (SSSR count). The first-order valence-electron chi connectivity index (χ1n) is 8.77. The van der Waals surface area contributed by atoms with Crippen molar-refractivity contribution in [3.63, 3.8) is 0 Å². The van der Waals surface area contributed by atoms with E-state index in [0.29, 0.717) is 5.25 Å². The highest BCUT2D eigenvalue weighted by Crippen LogP contribution is 2.50. The number of methoxy groups -OCH3 is 2. The Bertz CT molecular complexity index is 840. The molecule has 0 saturated carbocycles. The van der Waals surface area contributed by atoms with Gasteiger partial charge in [0.15, 0.2) is 5.17 Å². The topological polar surface area (TPSA) is 47.0 Å². The van der Waals surface area contributed by atoms with Gasteiger partial charge in [-0.1, -0.05) is 24.8 Å². The van der Waals surface area contributed by atoms with Gasteiger partial charge in [0.1, 0.15) is 17.5 Å². The number of hydrogen-bond acceptors (Lipinski definition) is 6. The number of amidine groups is 1. The van der Waals surface area contributed by atoms with E-state index in [1.54, 1.807) is 14.2 Å². The van der Waals surface area contributed by atoms with Crippen LogP contribution in [0.5, 0.6) is 11.5 Å². The fraction of sp³-hybridized carbons (Fsp3) is 0.400. The van der Waals surface area contributed by atoms with Crippen LogP contribution in [-0.2, 0) is 0 Å². The molecule has 136 valence electrons. The summed E-state index contributed by atoms with van der Waals surface area (Å²) in [5.74, 6) is 1.71. The number of nitrogens with zero attached hydrogens (tertiary/aromatic N) is 3. The molecule has 26 heavy (non-hydrogen) atoms. The molecule has 1 aromatic carbocycles. The van der Waals surface area contributed by atoms with E-state index in [0.717, 1.165) is 40.0 Å². The van der Waals surface area contributed by atoms with Gasteiger partial charge in [-0.15, -0.1) is 0 Å². The van der Waals surface area contributed by atoms with Gasteiger partial charge in [-0.2, -0.15) is 0 Å². The maximum Gasteiger partial charge on any atom is 0.160 e. The summed E-state index contributed by atoms with van der Waals surface area (Å²) in [5, 5.41) is 1.64. The number of thioether (sulfide) groups is 1. The summed E-state index contributed by atoms with van der Waals surface area (Å²) in [6.45, 7) is 5.26. The molecule has 2 aromatic rings. The average Bonchev–Trinajstić information content (AvgIpc) is 3.18. The highest BCUT2D eigenvalue weighted by atomic mass is 32.2. The summed E-state index contributed by atoms with van der Waals surface area (Å²) in [5.41, 5.74) is 3.14. The van der Waals surface area contributed by atoms with Crippen molar-refractivity contribution in [2.24, 2.45) is 4.99 Å². The third-order valence-corrected chi connectivity index (χ3v) is 6.11. The monoisotopic (exact) mass is 369 g/mol. The lowest BCUT2D eigenvalue weighted by molar-refractivity contribution is 0.305. The molecule has 0 amide bonds. The van der Waals surface area contributed by atoms with E-state index in [9.17, 15) is 0 Å². The maximum absolute atomic E-state index is 5.81. The van der Waals surface area contributed by atoms with E-state index in [2.05, 4.69) is 28.9 Å². The lowest BCUT2D eigenvalue weighted by atomic mass is 9.93. The van der Waals surface area contributed by atoms with E-state index in [-0.39, 0.29) is 12.1 Å². The fourth-order valence-electron chi connectivity index (χ4n) is 3.87. The van der Waals surface area contributed by atoms with Crippen LogP contribution < -0.4 is 9.47 Å². The Kier molecular flexibility index (Phi) is 4.53. The predicted molar refractivity (Wildman–Crippen MR) is 105 cm³/mol. The Morgan fingerprint density at radius 1 is 1.15 bits per heavy atom. The summed E-state index contributed by atoms with van der Waals surface area (Å²) >= 11 is 1.84. The van der Waals surface area contributed by atoms with E-state index in [1.165, 1.54) is 0 Å². The molecule has 0 radical (unpaired) electrons. The maximum atomic E-state index is 5.81. The second-order valence-corrected chi connectivity index (χ2v) is 8.06. The normalized spacial score (nSPS) is 24.4. The van der Waals surface area contributed by atoms with E-state index in [1.807, 2.05) is 43.1 Å². The first-order valence-corrected chi connectivity index (χ1v) is 9.65. The molecular weight excluding hydrogens is 346 g/mol. The van der Waals surface area contributed by atoms with Crippen molar-refractivity contribution in [1.82, 2.24) is 9.88 Å². The second-order valence-electron chi connectivity index (χ2n) is 6.65. The van der Waals surface area contributed by atoms with Crippen molar-refractivity contribution in [3.05, 3.63) is 53.3 Å². The summed E-state index contributed by atoms with van der Waals surface area (Å²) < 4.78 is 11.3. The van der Waals surface area contributed by atoms with Crippen LogP contribution >= 0.6 is 11.8 Å². The van der Waals surface area contributed by atoms with Crippen LogP contribution in [0.2, 0.25) is 0 Å². The summed E-state index contributed by atoms with van der Waals surface area (Å²) in [4.78, 5) is 12.0. The molecule has 3 heterocycles. The zero-order valence-electron chi connectivity index (χ0n) is 15.5. The van der Waals surface area contributed by atoms with Crippen LogP contribution in [0.4, 0.5) is 0 Å². The van der Waals surface area contributed by atoms with Crippen molar-refractivity contribution < 1.29 is 9.47 Å². The lowest BCUT2D eigenvalue weighted by Crippen LogP contribution is -2.29. The molecule has 0 bridgehead atoms. The van der Waals surface area contributed by atoms with Gasteiger partial charge in [0, 0.05) is 29.1 Å². The Morgan fingerprint density at radius 2 is 2.00 bits per heavy atom. The first kappa shape index (κ1) is 17.2. The van der Waals surface area contributed by atoms with Crippen LogP contribution in [0.15, 0.2) is 41.5 Å². The van der Waals surface area contributed by atoms with Gasteiger partial charge >= 0.3 is 0 Å². The number of aliphatic imine (C=N–C) groups is 1. The van der Waals surface area contributed by atoms with Gasteiger partial charge in [0.05, 0.1) is 26.0 Å². The number of aromatic nitrogens is 1. The average molecular weight is 369 g/mol. The molecule has 2 aliphatic rings. The third-order valence-electron chi connectivity index (χ3n) is 5.01. The Balaban J connectivity index is 1.84. The summed E-state index contributed by atoms with van der Waals surface area (Å²) in [6, 6.07) is 10.2. The molecule has 0 N–H and O–H groups in total. The molecule has 1 aromatic heterocycles. The van der Waals surface area contributed by atoms with Crippen LogP contribution in [0.25, 0.3) is 0 Å². The van der Waals surface area contributed by atoms with Crippen LogP contribution in [0.3, 0.4) is 0 Å². The minimum Gasteiger partial charge on any atom is -0.496 e. The van der Waals surface area contributed by atoms with Gasteiger partial charge < -0.3 is 14.4 Å². The van der Waals surface area contributed by atoms with Gasteiger partial charge in [-0.25, -0.2) is 0 Å². The van der Waals surface area contributed by atoms with E-state index < -0.39 is 0 Å². The number of fused-ring (bicyclic) bond motifs is 1. The molecule has 2 aliphatic heterocycles. The molecule has 0 aliphatic carbocycles.